The molecule has 0 saturated carbocycles. The number of hydrogen-bond donors (Lipinski definition) is 2. The number of hydrogen-bond acceptors (Lipinski definition) is 5. The van der Waals surface area contributed by atoms with E-state index in [1.54, 1.807) is 7.11 Å². The van der Waals surface area contributed by atoms with Crippen LogP contribution in [0.15, 0.2) is 0 Å². The van der Waals surface area contributed by atoms with Crippen LogP contribution in [0.2, 0.25) is 0 Å². The van der Waals surface area contributed by atoms with Crippen molar-refractivity contribution in [3.8, 4) is 0 Å². The molecule has 0 amide bonds. The molecule has 2 unspecified atom stereocenters. The summed E-state index contributed by atoms with van der Waals surface area (Å²) in [6.45, 7) is 7.77. The van der Waals surface area contributed by atoms with Gasteiger partial charge in [-0.1, -0.05) is 6.92 Å². The summed E-state index contributed by atoms with van der Waals surface area (Å²) in [4.78, 5) is 2.38. The normalized spacial score (nSPS) is 24.6. The van der Waals surface area contributed by atoms with Crippen LogP contribution in [0.3, 0.4) is 0 Å². The third kappa shape index (κ3) is 5.23. The van der Waals surface area contributed by atoms with E-state index >= 15 is 0 Å². The number of aliphatic hydroxyl groups excluding tert-OH is 1. The molecule has 96 valence electrons. The SMILES string of the molecule is CCN1CCOC(CNCC(O)COC)C1. The average molecular weight is 232 g/mol. The maximum absolute atomic E-state index is 9.44. The van der Waals surface area contributed by atoms with E-state index in [4.69, 9.17) is 9.47 Å². The maximum Gasteiger partial charge on any atom is 0.0897 e. The second-order valence-corrected chi connectivity index (χ2v) is 4.15. The second-order valence-electron chi connectivity index (χ2n) is 4.15. The van der Waals surface area contributed by atoms with Crippen LogP contribution in [0.25, 0.3) is 0 Å². The zero-order valence-electron chi connectivity index (χ0n) is 10.3. The van der Waals surface area contributed by atoms with Crippen molar-refractivity contribution >= 4 is 0 Å². The van der Waals surface area contributed by atoms with Crippen molar-refractivity contribution in [1.29, 1.82) is 0 Å². The number of ether oxygens (including phenoxy) is 2. The number of likely N-dealkylation sites (N-methyl/N-ethyl adjacent to an activating group) is 1. The molecule has 0 spiro atoms. The predicted octanol–water partition coefficient (Wildman–Crippen LogP) is -0.696. The Labute approximate surface area is 97.7 Å². The Morgan fingerprint density at radius 3 is 3.12 bits per heavy atom. The minimum Gasteiger partial charge on any atom is -0.389 e. The number of nitrogens with zero attached hydrogens (tertiary/aromatic N) is 1. The van der Waals surface area contributed by atoms with Gasteiger partial charge in [-0.05, 0) is 6.54 Å². The molecule has 0 bridgehead atoms. The fourth-order valence-electron chi connectivity index (χ4n) is 1.85. The van der Waals surface area contributed by atoms with E-state index in [-0.39, 0.29) is 6.10 Å². The molecule has 1 heterocycles. The third-order valence-electron chi connectivity index (χ3n) is 2.78. The maximum atomic E-state index is 9.44. The molecule has 16 heavy (non-hydrogen) atoms. The first-order valence-corrected chi connectivity index (χ1v) is 5.98. The number of nitrogens with one attached hydrogen (secondary N) is 1. The highest BCUT2D eigenvalue weighted by Crippen LogP contribution is 2.03. The fourth-order valence-corrected chi connectivity index (χ4v) is 1.85. The quantitative estimate of drug-likeness (QED) is 0.608. The van der Waals surface area contributed by atoms with Crippen molar-refractivity contribution in [1.82, 2.24) is 10.2 Å². The molecule has 0 aromatic carbocycles. The van der Waals surface area contributed by atoms with Crippen LogP contribution >= 0.6 is 0 Å². The molecule has 1 aliphatic heterocycles. The van der Waals surface area contributed by atoms with Crippen LogP contribution in [0, 0.1) is 0 Å². The van der Waals surface area contributed by atoms with Gasteiger partial charge in [0.1, 0.15) is 0 Å². The molecule has 1 rings (SSSR count). The molecule has 1 aliphatic rings. The lowest BCUT2D eigenvalue weighted by Crippen LogP contribution is -2.47. The summed E-state index contributed by atoms with van der Waals surface area (Å²) in [5, 5.41) is 12.6. The van der Waals surface area contributed by atoms with Crippen molar-refractivity contribution in [2.24, 2.45) is 0 Å². The molecule has 5 nitrogen and oxygen atoms in total. The van der Waals surface area contributed by atoms with Gasteiger partial charge in [0, 0.05) is 33.3 Å². The standard InChI is InChI=1S/C11H24N2O3/c1-3-13-4-5-16-11(8-13)7-12-6-10(14)9-15-2/h10-12,14H,3-9H2,1-2H3. The summed E-state index contributed by atoms with van der Waals surface area (Å²) in [5.74, 6) is 0. The molecular weight excluding hydrogens is 208 g/mol. The van der Waals surface area contributed by atoms with Gasteiger partial charge in [0.25, 0.3) is 0 Å². The Morgan fingerprint density at radius 2 is 2.44 bits per heavy atom. The first-order valence-electron chi connectivity index (χ1n) is 5.98. The molecule has 1 fully saturated rings. The van der Waals surface area contributed by atoms with Crippen molar-refractivity contribution < 1.29 is 14.6 Å². The summed E-state index contributed by atoms with van der Waals surface area (Å²) in [6.07, 6.45) is -0.195. The summed E-state index contributed by atoms with van der Waals surface area (Å²) < 4.78 is 10.5. The first kappa shape index (κ1) is 13.9. The van der Waals surface area contributed by atoms with Gasteiger partial charge in [0.2, 0.25) is 0 Å². The van der Waals surface area contributed by atoms with Crippen molar-refractivity contribution in [2.45, 2.75) is 19.1 Å². The monoisotopic (exact) mass is 232 g/mol. The Kier molecular flexibility index (Phi) is 6.91. The van der Waals surface area contributed by atoms with Gasteiger partial charge in [0.05, 0.1) is 25.4 Å². The van der Waals surface area contributed by atoms with Gasteiger partial charge in [0.15, 0.2) is 0 Å². The summed E-state index contributed by atoms with van der Waals surface area (Å²) >= 11 is 0. The molecular formula is C11H24N2O3. The highest BCUT2D eigenvalue weighted by atomic mass is 16.5. The van der Waals surface area contributed by atoms with Gasteiger partial charge in [-0.2, -0.15) is 0 Å². The van der Waals surface area contributed by atoms with E-state index in [1.807, 2.05) is 0 Å². The third-order valence-corrected chi connectivity index (χ3v) is 2.78. The Balaban J connectivity index is 2.08. The highest BCUT2D eigenvalue weighted by molar-refractivity contribution is 4.73. The molecule has 2 N–H and O–H groups in total. The fraction of sp³-hybridized carbons (Fsp3) is 1.00. The molecule has 0 radical (unpaired) electrons. The van der Waals surface area contributed by atoms with E-state index in [0.717, 1.165) is 32.8 Å². The van der Waals surface area contributed by atoms with Gasteiger partial charge < -0.3 is 19.9 Å². The van der Waals surface area contributed by atoms with Gasteiger partial charge in [-0.3, -0.25) is 4.90 Å². The van der Waals surface area contributed by atoms with Gasteiger partial charge in [-0.15, -0.1) is 0 Å². The summed E-state index contributed by atoms with van der Waals surface area (Å²) in [5.41, 5.74) is 0. The smallest absolute Gasteiger partial charge is 0.0897 e. The van der Waals surface area contributed by atoms with Crippen molar-refractivity contribution in [3.63, 3.8) is 0 Å². The number of rotatable bonds is 7. The summed E-state index contributed by atoms with van der Waals surface area (Å²) in [6, 6.07) is 0. The predicted molar refractivity (Wildman–Crippen MR) is 62.6 cm³/mol. The lowest BCUT2D eigenvalue weighted by Gasteiger charge is -2.32. The molecule has 0 aromatic rings. The topological polar surface area (TPSA) is 54.0 Å². The second kappa shape index (κ2) is 7.97. The molecule has 1 saturated heterocycles. The van der Waals surface area contributed by atoms with E-state index in [9.17, 15) is 5.11 Å². The number of morpholine rings is 1. The minimum atomic E-state index is -0.434. The number of methoxy groups -OCH3 is 1. The van der Waals surface area contributed by atoms with Crippen LogP contribution in [-0.2, 0) is 9.47 Å². The molecule has 0 aromatic heterocycles. The minimum absolute atomic E-state index is 0.239. The first-order chi connectivity index (χ1) is 7.76. The van der Waals surface area contributed by atoms with Crippen LogP contribution in [0.1, 0.15) is 6.92 Å². The molecule has 0 aliphatic carbocycles. The van der Waals surface area contributed by atoms with E-state index in [2.05, 4.69) is 17.1 Å². The zero-order valence-corrected chi connectivity index (χ0v) is 10.3. The Morgan fingerprint density at radius 1 is 1.62 bits per heavy atom. The summed E-state index contributed by atoms with van der Waals surface area (Å²) in [7, 11) is 1.59. The van der Waals surface area contributed by atoms with Crippen LogP contribution in [0.5, 0.6) is 0 Å². The number of aliphatic hydroxyl groups is 1. The van der Waals surface area contributed by atoms with E-state index < -0.39 is 6.10 Å². The van der Waals surface area contributed by atoms with Crippen LogP contribution in [0.4, 0.5) is 0 Å². The van der Waals surface area contributed by atoms with Crippen LogP contribution < -0.4 is 5.32 Å². The van der Waals surface area contributed by atoms with Crippen LogP contribution in [-0.4, -0.2) is 75.3 Å². The largest absolute Gasteiger partial charge is 0.389 e. The van der Waals surface area contributed by atoms with Crippen molar-refractivity contribution in [3.05, 3.63) is 0 Å². The molecule has 5 heteroatoms. The van der Waals surface area contributed by atoms with Crippen molar-refractivity contribution in [2.75, 3.05) is 53.0 Å². The van der Waals surface area contributed by atoms with E-state index in [0.29, 0.717) is 13.2 Å². The highest BCUT2D eigenvalue weighted by Gasteiger charge is 2.18. The van der Waals surface area contributed by atoms with E-state index in [1.165, 1.54) is 0 Å². The zero-order chi connectivity index (χ0) is 11.8. The van der Waals surface area contributed by atoms with Gasteiger partial charge >= 0.3 is 0 Å². The lowest BCUT2D eigenvalue weighted by atomic mass is 10.2. The van der Waals surface area contributed by atoms with Gasteiger partial charge in [-0.25, -0.2) is 0 Å². The molecule has 2 atom stereocenters. The lowest BCUT2D eigenvalue weighted by molar-refractivity contribution is -0.0270. The Bertz CT molecular complexity index is 181. The average Bonchev–Trinajstić information content (AvgIpc) is 2.30. The Hall–Kier alpha value is -0.200.